The topological polar surface area (TPSA) is 111 Å². The lowest BCUT2D eigenvalue weighted by Gasteiger charge is -2.59. The molecule has 5 aliphatic rings. The lowest BCUT2D eigenvalue weighted by Crippen LogP contribution is -2.63. The highest BCUT2D eigenvalue weighted by Gasteiger charge is 2.75. The second-order valence-corrected chi connectivity index (χ2v) is 13.1. The van der Waals surface area contributed by atoms with Crippen LogP contribution in [0.15, 0.2) is 48.1 Å². The van der Waals surface area contributed by atoms with Gasteiger partial charge < -0.3 is 24.6 Å². The van der Waals surface area contributed by atoms with E-state index in [0.717, 1.165) is 24.8 Å². The molecule has 3 saturated carbocycles. The van der Waals surface area contributed by atoms with E-state index in [2.05, 4.69) is 26.1 Å². The predicted molar refractivity (Wildman–Crippen MR) is 152 cm³/mol. The number of fused-ring (bicyclic) bond motifs is 7. The molecular formula is C33H41NO7. The van der Waals surface area contributed by atoms with Crippen molar-refractivity contribution in [2.75, 3.05) is 11.9 Å². The summed E-state index contributed by atoms with van der Waals surface area (Å²) in [6.07, 6.45) is 8.19. The average Bonchev–Trinajstić information content (AvgIpc) is 3.40. The van der Waals surface area contributed by atoms with E-state index in [4.69, 9.17) is 14.2 Å². The van der Waals surface area contributed by atoms with Gasteiger partial charge in [-0.05, 0) is 80.4 Å². The van der Waals surface area contributed by atoms with Gasteiger partial charge in [-0.3, -0.25) is 14.4 Å². The number of hydrogen-bond donors (Lipinski definition) is 2. The highest BCUT2D eigenvalue weighted by Crippen LogP contribution is 2.69. The lowest BCUT2D eigenvalue weighted by atomic mass is 9.46. The molecule has 4 fully saturated rings. The first-order valence-electron chi connectivity index (χ1n) is 15.0. The number of nitrogens with one attached hydrogen (secondary N) is 1. The fourth-order valence-corrected chi connectivity index (χ4v) is 9.10. The number of anilines is 1. The number of hydrogen-bond acceptors (Lipinski definition) is 7. The van der Waals surface area contributed by atoms with Crippen LogP contribution in [0.5, 0.6) is 5.75 Å². The van der Waals surface area contributed by atoms with Crippen molar-refractivity contribution in [1.29, 1.82) is 0 Å². The van der Waals surface area contributed by atoms with E-state index >= 15 is 0 Å². The molecule has 1 heterocycles. The summed E-state index contributed by atoms with van der Waals surface area (Å²) in [7, 11) is 0. The van der Waals surface area contributed by atoms with Gasteiger partial charge in [0.15, 0.2) is 17.7 Å². The Morgan fingerprint density at radius 1 is 1.20 bits per heavy atom. The van der Waals surface area contributed by atoms with Crippen LogP contribution in [0.2, 0.25) is 0 Å². The van der Waals surface area contributed by atoms with Crippen molar-refractivity contribution < 1.29 is 33.7 Å². The molecule has 0 bridgehead atoms. The third kappa shape index (κ3) is 4.33. The van der Waals surface area contributed by atoms with Crippen LogP contribution >= 0.6 is 0 Å². The summed E-state index contributed by atoms with van der Waals surface area (Å²) >= 11 is 0. The Morgan fingerprint density at radius 3 is 2.66 bits per heavy atom. The Balaban J connectivity index is 1.29. The Kier molecular flexibility index (Phi) is 7.03. The molecule has 41 heavy (non-hydrogen) atoms. The quantitative estimate of drug-likeness (QED) is 0.492. The Labute approximate surface area is 241 Å². The van der Waals surface area contributed by atoms with Crippen LogP contribution in [0.1, 0.15) is 66.2 Å². The number of benzene rings is 1. The number of ketones is 2. The van der Waals surface area contributed by atoms with E-state index in [9.17, 15) is 19.5 Å². The van der Waals surface area contributed by atoms with Crippen molar-refractivity contribution >= 4 is 23.2 Å². The van der Waals surface area contributed by atoms with E-state index in [1.807, 2.05) is 6.08 Å². The Hall–Kier alpha value is -2.81. The van der Waals surface area contributed by atoms with Crippen molar-refractivity contribution in [3.05, 3.63) is 48.1 Å². The molecule has 9 atom stereocenters. The van der Waals surface area contributed by atoms with Crippen molar-refractivity contribution in [2.45, 2.75) is 90.3 Å². The van der Waals surface area contributed by atoms with Crippen molar-refractivity contribution in [3.8, 4) is 5.75 Å². The molecule has 6 unspecified atom stereocenters. The SMILES string of the molecule is CCCC1O[C@@H]2CC3C4CCC5=CC(=O)C=CC5(C)C4[C@@H](O)CC3(C)[C@]2(C(=O)COc2ccc(NC(C)=O)cc2)O1. The second-order valence-electron chi connectivity index (χ2n) is 13.1. The van der Waals surface area contributed by atoms with Crippen LogP contribution in [-0.2, 0) is 23.9 Å². The fraction of sp³-hybridized carbons (Fsp3) is 0.606. The molecule has 8 nitrogen and oxygen atoms in total. The maximum Gasteiger partial charge on any atom is 0.221 e. The molecule has 220 valence electrons. The number of aliphatic hydroxyl groups is 1. The molecular weight excluding hydrogens is 522 g/mol. The molecule has 0 spiro atoms. The van der Waals surface area contributed by atoms with Gasteiger partial charge in [-0.15, -0.1) is 0 Å². The Bertz CT molecular complexity index is 1300. The zero-order valence-electron chi connectivity index (χ0n) is 24.4. The normalized spacial score (nSPS) is 40.6. The van der Waals surface area contributed by atoms with E-state index < -0.39 is 29.5 Å². The predicted octanol–water partition coefficient (Wildman–Crippen LogP) is 4.76. The maximum absolute atomic E-state index is 14.3. The highest BCUT2D eigenvalue weighted by atomic mass is 16.7. The average molecular weight is 564 g/mol. The molecule has 0 aromatic heterocycles. The van der Waals surface area contributed by atoms with Crippen LogP contribution in [0.25, 0.3) is 0 Å². The standard InChI is InChI=1S/C33H41NO7/c1-5-6-29-40-28-16-25-24-12-7-20-15-22(36)13-14-31(20,3)30(24)26(37)17-32(25,4)33(28,41-29)27(38)18-39-23-10-8-21(9-11-23)34-19(2)35/h8-11,13-15,24-26,28-30,37H,5-7,12,16-18H2,1-4H3,(H,34,35)/t24?,25?,26-,28+,29?,30?,31?,32?,33+/m0/s1. The van der Waals surface area contributed by atoms with Gasteiger partial charge in [0, 0.05) is 29.4 Å². The third-order valence-electron chi connectivity index (χ3n) is 10.8. The molecule has 1 aliphatic heterocycles. The van der Waals surface area contributed by atoms with Crippen molar-refractivity contribution in [2.24, 2.45) is 28.6 Å². The molecule has 1 saturated heterocycles. The first-order chi connectivity index (χ1) is 19.5. The first-order valence-corrected chi connectivity index (χ1v) is 15.0. The molecule has 4 aliphatic carbocycles. The minimum atomic E-state index is -1.21. The largest absolute Gasteiger partial charge is 0.486 e. The summed E-state index contributed by atoms with van der Waals surface area (Å²) in [6.45, 7) is 7.60. The van der Waals surface area contributed by atoms with Crippen LogP contribution in [-0.4, -0.2) is 53.3 Å². The lowest BCUT2D eigenvalue weighted by molar-refractivity contribution is -0.200. The number of rotatable bonds is 7. The molecule has 0 radical (unpaired) electrons. The van der Waals surface area contributed by atoms with Crippen LogP contribution in [0, 0.1) is 28.6 Å². The first kappa shape index (κ1) is 28.3. The van der Waals surface area contributed by atoms with Crippen molar-refractivity contribution in [1.82, 2.24) is 0 Å². The number of aliphatic hydroxyl groups excluding tert-OH is 1. The van der Waals surface area contributed by atoms with Gasteiger partial charge in [-0.25, -0.2) is 0 Å². The van der Waals surface area contributed by atoms with Gasteiger partial charge in [-0.2, -0.15) is 0 Å². The van der Waals surface area contributed by atoms with Gasteiger partial charge in [0.1, 0.15) is 12.4 Å². The molecule has 6 rings (SSSR count). The van der Waals surface area contributed by atoms with Crippen LogP contribution in [0.3, 0.4) is 0 Å². The van der Waals surface area contributed by atoms with Crippen LogP contribution in [0.4, 0.5) is 5.69 Å². The monoisotopic (exact) mass is 563 g/mol. The number of carbonyl (C=O) groups is 3. The molecule has 1 aromatic carbocycles. The van der Waals surface area contributed by atoms with E-state index in [0.29, 0.717) is 30.7 Å². The fourth-order valence-electron chi connectivity index (χ4n) is 9.10. The molecule has 8 heteroatoms. The number of ether oxygens (including phenoxy) is 3. The minimum absolute atomic E-state index is 0.0135. The zero-order chi connectivity index (χ0) is 29.2. The number of Topliss-reactive ketones (excluding diaryl/α,β-unsaturated/α-hetero) is 1. The summed E-state index contributed by atoms with van der Waals surface area (Å²) in [4.78, 5) is 37.8. The summed E-state index contributed by atoms with van der Waals surface area (Å²) in [6, 6.07) is 6.92. The minimum Gasteiger partial charge on any atom is -0.486 e. The van der Waals surface area contributed by atoms with Gasteiger partial charge in [-0.1, -0.05) is 38.8 Å². The van der Waals surface area contributed by atoms with Gasteiger partial charge >= 0.3 is 0 Å². The van der Waals surface area contributed by atoms with Gasteiger partial charge in [0.25, 0.3) is 0 Å². The Morgan fingerprint density at radius 2 is 1.95 bits per heavy atom. The second kappa shape index (κ2) is 10.2. The number of allylic oxidation sites excluding steroid dienone is 4. The molecule has 2 N–H and O–H groups in total. The number of carbonyl (C=O) groups excluding carboxylic acids is 3. The van der Waals surface area contributed by atoms with Gasteiger partial charge in [0.05, 0.1) is 12.2 Å². The van der Waals surface area contributed by atoms with Gasteiger partial charge in [0.2, 0.25) is 11.7 Å². The van der Waals surface area contributed by atoms with E-state index in [1.165, 1.54) is 6.92 Å². The molecule has 1 amide bonds. The van der Waals surface area contributed by atoms with Crippen molar-refractivity contribution in [3.63, 3.8) is 0 Å². The van der Waals surface area contributed by atoms with E-state index in [1.54, 1.807) is 36.4 Å². The highest BCUT2D eigenvalue weighted by molar-refractivity contribution is 6.01. The zero-order valence-corrected chi connectivity index (χ0v) is 24.4. The third-order valence-corrected chi connectivity index (χ3v) is 10.8. The summed E-state index contributed by atoms with van der Waals surface area (Å²) in [5, 5.41) is 14.6. The summed E-state index contributed by atoms with van der Waals surface area (Å²) < 4.78 is 19.2. The van der Waals surface area contributed by atoms with E-state index in [-0.39, 0.29) is 47.2 Å². The summed E-state index contributed by atoms with van der Waals surface area (Å²) in [5.74, 6) is 0.457. The summed E-state index contributed by atoms with van der Waals surface area (Å²) in [5.41, 5.74) is -0.479. The number of amides is 1. The van der Waals surface area contributed by atoms with Crippen LogP contribution < -0.4 is 10.1 Å². The maximum atomic E-state index is 14.3. The molecule has 1 aromatic rings. The smallest absolute Gasteiger partial charge is 0.221 e.